The van der Waals surface area contributed by atoms with E-state index in [2.05, 4.69) is 5.32 Å². The highest BCUT2D eigenvalue weighted by Crippen LogP contribution is 2.38. The van der Waals surface area contributed by atoms with Gasteiger partial charge in [0.15, 0.2) is 0 Å². The average molecular weight is 307 g/mol. The minimum atomic E-state index is -0.461. The molecule has 1 N–H and O–H groups in total. The normalized spacial score (nSPS) is 26.0. The molecule has 3 rings (SSSR count). The van der Waals surface area contributed by atoms with E-state index in [-0.39, 0.29) is 17.9 Å². The van der Waals surface area contributed by atoms with E-state index in [0.717, 1.165) is 24.0 Å². The van der Waals surface area contributed by atoms with Gasteiger partial charge < -0.3 is 10.2 Å². The van der Waals surface area contributed by atoms with E-state index in [0.29, 0.717) is 17.5 Å². The van der Waals surface area contributed by atoms with Gasteiger partial charge in [0.1, 0.15) is 12.1 Å². The fourth-order valence-electron chi connectivity index (χ4n) is 2.91. The topological polar surface area (TPSA) is 49.4 Å². The van der Waals surface area contributed by atoms with Crippen molar-refractivity contribution in [2.24, 2.45) is 5.92 Å². The van der Waals surface area contributed by atoms with Gasteiger partial charge in [-0.3, -0.25) is 9.59 Å². The molecule has 1 aromatic rings. The highest BCUT2D eigenvalue weighted by atomic mass is 35.5. The maximum absolute atomic E-state index is 12.5. The molecular formula is C16H19ClN2O2. The smallest absolute Gasteiger partial charge is 0.245 e. The fourth-order valence-corrected chi connectivity index (χ4v) is 3.20. The molecule has 2 unspecified atom stereocenters. The summed E-state index contributed by atoms with van der Waals surface area (Å²) in [5.74, 6) is 0.238. The van der Waals surface area contributed by atoms with Gasteiger partial charge in [0.05, 0.1) is 0 Å². The second-order valence-corrected chi connectivity index (χ2v) is 6.48. The second-order valence-electron chi connectivity index (χ2n) is 6.07. The summed E-state index contributed by atoms with van der Waals surface area (Å²) in [5, 5.41) is 3.43. The number of rotatable bonds is 3. The average Bonchev–Trinajstić information content (AvgIpc) is 3.23. The van der Waals surface area contributed by atoms with Crippen molar-refractivity contribution in [1.82, 2.24) is 10.2 Å². The number of hydrogen-bond acceptors (Lipinski definition) is 2. The maximum atomic E-state index is 12.5. The third-order valence-electron chi connectivity index (χ3n) is 4.23. The first kappa shape index (κ1) is 14.4. The Hall–Kier alpha value is -1.55. The molecule has 1 saturated heterocycles. The quantitative estimate of drug-likeness (QED) is 0.931. The zero-order chi connectivity index (χ0) is 15.1. The van der Waals surface area contributed by atoms with E-state index in [9.17, 15) is 9.59 Å². The Morgan fingerprint density at radius 2 is 2.05 bits per heavy atom. The summed E-state index contributed by atoms with van der Waals surface area (Å²) < 4.78 is 0. The summed E-state index contributed by atoms with van der Waals surface area (Å²) in [6.45, 7) is 4.11. The minimum absolute atomic E-state index is 0.0249. The molecule has 4 nitrogen and oxygen atoms in total. The summed E-state index contributed by atoms with van der Waals surface area (Å²) in [4.78, 5) is 26.4. The molecule has 1 saturated carbocycles. The monoisotopic (exact) mass is 306 g/mol. The van der Waals surface area contributed by atoms with Crippen LogP contribution in [-0.4, -0.2) is 28.8 Å². The van der Waals surface area contributed by atoms with Crippen LogP contribution in [0.5, 0.6) is 0 Å². The zero-order valence-electron chi connectivity index (χ0n) is 12.2. The second kappa shape index (κ2) is 5.34. The van der Waals surface area contributed by atoms with Crippen LogP contribution in [0, 0.1) is 12.8 Å². The number of nitrogens with zero attached hydrogens (tertiary/aromatic N) is 1. The van der Waals surface area contributed by atoms with E-state index in [4.69, 9.17) is 11.6 Å². The Morgan fingerprint density at radius 3 is 2.67 bits per heavy atom. The molecule has 0 radical (unpaired) electrons. The van der Waals surface area contributed by atoms with Gasteiger partial charge in [-0.2, -0.15) is 0 Å². The number of aryl methyl sites for hydroxylation is 1. The fraction of sp³-hybridized carbons (Fsp3) is 0.500. The van der Waals surface area contributed by atoms with Crippen LogP contribution < -0.4 is 5.32 Å². The molecular weight excluding hydrogens is 288 g/mol. The van der Waals surface area contributed by atoms with Crippen LogP contribution >= 0.6 is 11.6 Å². The molecule has 2 amide bonds. The lowest BCUT2D eigenvalue weighted by atomic mass is 10.0. The number of hydrogen-bond donors (Lipinski definition) is 1. The summed E-state index contributed by atoms with van der Waals surface area (Å²) in [7, 11) is 0. The van der Waals surface area contributed by atoms with Crippen molar-refractivity contribution in [2.75, 3.05) is 0 Å². The van der Waals surface area contributed by atoms with Gasteiger partial charge in [-0.15, -0.1) is 0 Å². The lowest BCUT2D eigenvalue weighted by Crippen LogP contribution is -2.62. The lowest BCUT2D eigenvalue weighted by Gasteiger charge is -2.38. The van der Waals surface area contributed by atoms with Crippen molar-refractivity contribution < 1.29 is 9.59 Å². The summed E-state index contributed by atoms with van der Waals surface area (Å²) in [6.07, 6.45) is 2.02. The first-order chi connectivity index (χ1) is 9.97. The summed E-state index contributed by atoms with van der Waals surface area (Å²) in [6, 6.07) is 5.00. The molecule has 1 aromatic carbocycles. The Labute approximate surface area is 129 Å². The Kier molecular flexibility index (Phi) is 3.66. The Morgan fingerprint density at radius 1 is 1.33 bits per heavy atom. The number of benzene rings is 1. The highest BCUT2D eigenvalue weighted by molar-refractivity contribution is 6.31. The minimum Gasteiger partial charge on any atom is -0.343 e. The van der Waals surface area contributed by atoms with Crippen LogP contribution in [0.4, 0.5) is 0 Å². The molecule has 1 aliphatic carbocycles. The predicted octanol–water partition coefficient (Wildman–Crippen LogP) is 2.27. The van der Waals surface area contributed by atoms with E-state index in [1.54, 1.807) is 11.8 Å². The zero-order valence-corrected chi connectivity index (χ0v) is 13.0. The van der Waals surface area contributed by atoms with Crippen LogP contribution in [0.1, 0.15) is 30.9 Å². The van der Waals surface area contributed by atoms with Crippen molar-refractivity contribution >= 4 is 23.4 Å². The molecule has 21 heavy (non-hydrogen) atoms. The molecule has 2 atom stereocenters. The first-order valence-electron chi connectivity index (χ1n) is 7.33. The number of halogens is 1. The standard InChI is InChI=1S/C16H19ClN2O2/c1-9-3-4-12(13(17)7-9)8-19-14(11-5-6-11)15(20)18-10(2)16(19)21/h3-4,7,10-11,14H,5-6,8H2,1-2H3,(H,18,20). The number of carbonyl (C=O) groups excluding carboxylic acids is 2. The molecule has 2 aliphatic rings. The van der Waals surface area contributed by atoms with E-state index in [1.165, 1.54) is 0 Å². The van der Waals surface area contributed by atoms with Crippen LogP contribution in [-0.2, 0) is 16.1 Å². The van der Waals surface area contributed by atoms with Gasteiger partial charge in [0.25, 0.3) is 0 Å². The molecule has 1 aliphatic heterocycles. The largest absolute Gasteiger partial charge is 0.343 e. The van der Waals surface area contributed by atoms with Crippen LogP contribution in [0.15, 0.2) is 18.2 Å². The van der Waals surface area contributed by atoms with Crippen LogP contribution in [0.2, 0.25) is 5.02 Å². The molecule has 2 fully saturated rings. The van der Waals surface area contributed by atoms with Crippen molar-refractivity contribution in [1.29, 1.82) is 0 Å². The van der Waals surface area contributed by atoms with Crippen molar-refractivity contribution in [2.45, 2.75) is 45.3 Å². The van der Waals surface area contributed by atoms with Gasteiger partial charge in [0.2, 0.25) is 11.8 Å². The van der Waals surface area contributed by atoms with Crippen LogP contribution in [0.25, 0.3) is 0 Å². The summed E-state index contributed by atoms with van der Waals surface area (Å²) in [5.41, 5.74) is 1.97. The van der Waals surface area contributed by atoms with Gasteiger partial charge in [0, 0.05) is 11.6 Å². The third-order valence-corrected chi connectivity index (χ3v) is 4.59. The lowest BCUT2D eigenvalue weighted by molar-refractivity contribution is -0.150. The van der Waals surface area contributed by atoms with E-state index >= 15 is 0 Å². The number of piperazine rings is 1. The Balaban J connectivity index is 1.88. The van der Waals surface area contributed by atoms with Gasteiger partial charge >= 0.3 is 0 Å². The van der Waals surface area contributed by atoms with Gasteiger partial charge in [-0.25, -0.2) is 0 Å². The highest BCUT2D eigenvalue weighted by Gasteiger charge is 2.46. The van der Waals surface area contributed by atoms with Crippen molar-refractivity contribution in [3.05, 3.63) is 34.3 Å². The summed E-state index contributed by atoms with van der Waals surface area (Å²) >= 11 is 6.27. The number of nitrogens with one attached hydrogen (secondary N) is 1. The first-order valence-corrected chi connectivity index (χ1v) is 7.71. The molecule has 0 bridgehead atoms. The number of amides is 2. The van der Waals surface area contributed by atoms with E-state index in [1.807, 2.05) is 25.1 Å². The molecule has 0 spiro atoms. The van der Waals surface area contributed by atoms with Crippen LogP contribution in [0.3, 0.4) is 0 Å². The third kappa shape index (κ3) is 2.77. The maximum Gasteiger partial charge on any atom is 0.245 e. The van der Waals surface area contributed by atoms with Gasteiger partial charge in [-0.1, -0.05) is 23.7 Å². The number of carbonyl (C=O) groups is 2. The molecule has 0 aromatic heterocycles. The van der Waals surface area contributed by atoms with Gasteiger partial charge in [-0.05, 0) is 49.8 Å². The molecule has 5 heteroatoms. The molecule has 1 heterocycles. The van der Waals surface area contributed by atoms with E-state index < -0.39 is 6.04 Å². The SMILES string of the molecule is Cc1ccc(CN2C(=O)C(C)NC(=O)C2C2CC2)c(Cl)c1. The molecule has 112 valence electrons. The predicted molar refractivity (Wildman–Crippen MR) is 80.9 cm³/mol. The van der Waals surface area contributed by atoms with Crippen molar-refractivity contribution in [3.63, 3.8) is 0 Å². The van der Waals surface area contributed by atoms with Crippen molar-refractivity contribution in [3.8, 4) is 0 Å². The Bertz CT molecular complexity index is 598.